The Morgan fingerprint density at radius 2 is 2.17 bits per heavy atom. The molecule has 0 aliphatic carbocycles. The van der Waals surface area contributed by atoms with E-state index in [2.05, 4.69) is 10.3 Å². The molecule has 0 saturated heterocycles. The molecular formula is C15H15N3O5S. The van der Waals surface area contributed by atoms with Crippen molar-refractivity contribution < 1.29 is 24.2 Å². The summed E-state index contributed by atoms with van der Waals surface area (Å²) in [5, 5.41) is 14.0. The summed E-state index contributed by atoms with van der Waals surface area (Å²) < 4.78 is 10.6. The number of carboxylic acid groups (broad SMARTS) is 1. The van der Waals surface area contributed by atoms with Crippen molar-refractivity contribution in [2.75, 3.05) is 25.7 Å². The third-order valence-electron chi connectivity index (χ3n) is 3.35. The number of fused-ring (bicyclic) bond motifs is 1. The van der Waals surface area contributed by atoms with Gasteiger partial charge in [-0.3, -0.25) is 9.59 Å². The zero-order chi connectivity index (χ0) is 17.1. The molecular weight excluding hydrogens is 334 g/mol. The summed E-state index contributed by atoms with van der Waals surface area (Å²) in [6.45, 7) is 0.341. The molecule has 8 nitrogen and oxygen atoms in total. The fraction of sp³-hybridized carbons (Fsp3) is 0.267. The van der Waals surface area contributed by atoms with Crippen LogP contribution >= 0.6 is 11.3 Å². The minimum Gasteiger partial charge on any atom is -0.481 e. The topological polar surface area (TPSA) is 101 Å². The summed E-state index contributed by atoms with van der Waals surface area (Å²) in [7, 11) is 1.55. The van der Waals surface area contributed by atoms with E-state index in [1.54, 1.807) is 24.6 Å². The number of carboxylic acids is 1. The van der Waals surface area contributed by atoms with Crippen LogP contribution in [0.15, 0.2) is 23.6 Å². The van der Waals surface area contributed by atoms with Crippen LogP contribution in [0.4, 0.5) is 10.8 Å². The molecule has 9 heteroatoms. The Hall–Kier alpha value is -2.81. The van der Waals surface area contributed by atoms with E-state index in [0.717, 1.165) is 5.69 Å². The number of rotatable bonds is 6. The predicted octanol–water partition coefficient (Wildman–Crippen LogP) is 2.16. The van der Waals surface area contributed by atoms with Crippen molar-refractivity contribution >= 4 is 34.0 Å². The zero-order valence-corrected chi connectivity index (χ0v) is 13.6. The molecule has 1 aromatic carbocycles. The van der Waals surface area contributed by atoms with Gasteiger partial charge in [0.15, 0.2) is 16.6 Å². The van der Waals surface area contributed by atoms with E-state index < -0.39 is 5.97 Å². The number of ether oxygens (including phenoxy) is 2. The zero-order valence-electron chi connectivity index (χ0n) is 12.8. The Balaban J connectivity index is 1.65. The molecule has 0 saturated carbocycles. The molecule has 0 spiro atoms. The third kappa shape index (κ3) is 3.57. The second kappa shape index (κ2) is 6.75. The van der Waals surface area contributed by atoms with Gasteiger partial charge >= 0.3 is 5.97 Å². The van der Waals surface area contributed by atoms with Gasteiger partial charge in [-0.25, -0.2) is 4.98 Å². The number of aliphatic carboxylic acids is 1. The number of carbonyl (C=O) groups is 2. The van der Waals surface area contributed by atoms with Crippen molar-refractivity contribution in [3.05, 3.63) is 29.3 Å². The summed E-state index contributed by atoms with van der Waals surface area (Å²) in [5.41, 5.74) is 1.04. The second-order valence-corrected chi connectivity index (χ2v) is 5.96. The molecule has 1 aliphatic heterocycles. The van der Waals surface area contributed by atoms with Gasteiger partial charge in [0, 0.05) is 30.7 Å². The summed E-state index contributed by atoms with van der Waals surface area (Å²) in [6.07, 6.45) is -0.102. The highest BCUT2D eigenvalue weighted by Gasteiger charge is 2.17. The molecule has 2 N–H and O–H groups in total. The highest BCUT2D eigenvalue weighted by Crippen LogP contribution is 2.35. The number of thiazole rings is 1. The number of anilines is 2. The van der Waals surface area contributed by atoms with Gasteiger partial charge in [0.2, 0.25) is 6.79 Å². The van der Waals surface area contributed by atoms with Crippen LogP contribution in [0.5, 0.6) is 11.5 Å². The van der Waals surface area contributed by atoms with Gasteiger partial charge in [-0.05, 0) is 12.1 Å². The molecule has 0 bridgehead atoms. The Labute approximate surface area is 141 Å². The fourth-order valence-corrected chi connectivity index (χ4v) is 2.79. The smallest absolute Gasteiger partial charge is 0.305 e. The molecule has 3 rings (SSSR count). The maximum absolute atomic E-state index is 12.2. The number of carbonyl (C=O) groups excluding carboxylic acids is 1. The van der Waals surface area contributed by atoms with Gasteiger partial charge in [0.1, 0.15) is 5.69 Å². The normalized spacial score (nSPS) is 12.0. The number of hydrogen-bond acceptors (Lipinski definition) is 7. The first kappa shape index (κ1) is 16.1. The van der Waals surface area contributed by atoms with Crippen molar-refractivity contribution in [1.29, 1.82) is 0 Å². The van der Waals surface area contributed by atoms with E-state index >= 15 is 0 Å². The van der Waals surface area contributed by atoms with Crippen molar-refractivity contribution in [2.24, 2.45) is 0 Å². The van der Waals surface area contributed by atoms with Crippen LogP contribution < -0.4 is 14.8 Å². The fourth-order valence-electron chi connectivity index (χ4n) is 2.09. The lowest BCUT2D eigenvalue weighted by Crippen LogP contribution is -2.29. The van der Waals surface area contributed by atoms with Crippen molar-refractivity contribution in [3.8, 4) is 11.5 Å². The van der Waals surface area contributed by atoms with E-state index in [4.69, 9.17) is 14.6 Å². The lowest BCUT2D eigenvalue weighted by atomic mass is 10.3. The van der Waals surface area contributed by atoms with Crippen molar-refractivity contribution in [1.82, 2.24) is 9.88 Å². The van der Waals surface area contributed by atoms with Crippen LogP contribution in [0, 0.1) is 0 Å². The molecule has 24 heavy (non-hydrogen) atoms. The minimum absolute atomic E-state index is 0.102. The molecule has 1 amide bonds. The van der Waals surface area contributed by atoms with E-state index in [9.17, 15) is 9.59 Å². The highest BCUT2D eigenvalue weighted by molar-refractivity contribution is 7.14. The van der Waals surface area contributed by atoms with Crippen LogP contribution in [0.3, 0.4) is 0 Å². The third-order valence-corrected chi connectivity index (χ3v) is 4.11. The van der Waals surface area contributed by atoms with Crippen molar-refractivity contribution in [2.45, 2.75) is 6.42 Å². The SMILES string of the molecule is CN(CCC(=O)O)C(=O)c1csc(Nc2ccc3c(c2)OCO3)n1. The van der Waals surface area contributed by atoms with Gasteiger partial charge in [-0.1, -0.05) is 0 Å². The molecule has 2 heterocycles. The lowest BCUT2D eigenvalue weighted by Gasteiger charge is -2.14. The number of nitrogens with zero attached hydrogens (tertiary/aromatic N) is 2. The molecule has 0 fully saturated rings. The molecule has 1 aliphatic rings. The van der Waals surface area contributed by atoms with E-state index in [-0.39, 0.29) is 31.4 Å². The lowest BCUT2D eigenvalue weighted by molar-refractivity contribution is -0.137. The maximum Gasteiger partial charge on any atom is 0.305 e. The van der Waals surface area contributed by atoms with Crippen LogP contribution in [0.1, 0.15) is 16.9 Å². The quantitative estimate of drug-likeness (QED) is 0.824. The Bertz CT molecular complexity index is 776. The summed E-state index contributed by atoms with van der Waals surface area (Å²) in [6, 6.07) is 5.42. The highest BCUT2D eigenvalue weighted by atomic mass is 32.1. The molecule has 1 aromatic heterocycles. The summed E-state index contributed by atoms with van der Waals surface area (Å²) >= 11 is 1.29. The average Bonchev–Trinajstić information content (AvgIpc) is 3.20. The summed E-state index contributed by atoms with van der Waals surface area (Å²) in [5.74, 6) is 0.0844. The van der Waals surface area contributed by atoms with Crippen LogP contribution in [-0.2, 0) is 4.79 Å². The van der Waals surface area contributed by atoms with E-state index in [1.165, 1.54) is 16.2 Å². The van der Waals surface area contributed by atoms with Crippen LogP contribution in [0.25, 0.3) is 0 Å². The van der Waals surface area contributed by atoms with Gasteiger partial charge in [0.25, 0.3) is 5.91 Å². The Morgan fingerprint density at radius 1 is 1.38 bits per heavy atom. The molecule has 0 atom stereocenters. The second-order valence-electron chi connectivity index (χ2n) is 5.10. The molecule has 2 aromatic rings. The average molecular weight is 349 g/mol. The predicted molar refractivity (Wildman–Crippen MR) is 87.2 cm³/mol. The van der Waals surface area contributed by atoms with Gasteiger partial charge < -0.3 is 24.8 Å². The first-order valence-corrected chi connectivity index (χ1v) is 8.00. The van der Waals surface area contributed by atoms with E-state index in [1.807, 2.05) is 6.07 Å². The van der Waals surface area contributed by atoms with Gasteiger partial charge in [-0.2, -0.15) is 0 Å². The van der Waals surface area contributed by atoms with Gasteiger partial charge in [0.05, 0.1) is 6.42 Å². The largest absolute Gasteiger partial charge is 0.481 e. The van der Waals surface area contributed by atoms with Crippen LogP contribution in [-0.4, -0.2) is 47.3 Å². The Morgan fingerprint density at radius 3 is 2.96 bits per heavy atom. The number of aromatic nitrogens is 1. The van der Waals surface area contributed by atoms with Gasteiger partial charge in [-0.15, -0.1) is 11.3 Å². The Kier molecular flexibility index (Phi) is 4.52. The first-order chi connectivity index (χ1) is 11.5. The number of amides is 1. The number of nitrogens with one attached hydrogen (secondary N) is 1. The summed E-state index contributed by atoms with van der Waals surface area (Å²) in [4.78, 5) is 28.3. The molecule has 126 valence electrons. The van der Waals surface area contributed by atoms with Crippen molar-refractivity contribution in [3.63, 3.8) is 0 Å². The monoisotopic (exact) mass is 349 g/mol. The molecule has 0 radical (unpaired) electrons. The maximum atomic E-state index is 12.2. The van der Waals surface area contributed by atoms with Crippen LogP contribution in [0.2, 0.25) is 0 Å². The standard InChI is InChI=1S/C15H15N3O5S/c1-18(5-4-13(19)20)14(21)10-7-24-15(17-10)16-9-2-3-11-12(6-9)23-8-22-11/h2-3,6-7H,4-5,8H2,1H3,(H,16,17)(H,19,20). The van der Waals surface area contributed by atoms with E-state index in [0.29, 0.717) is 16.6 Å². The number of hydrogen-bond donors (Lipinski definition) is 2. The number of benzene rings is 1. The molecule has 0 unspecified atom stereocenters. The first-order valence-electron chi connectivity index (χ1n) is 7.12. The minimum atomic E-state index is -0.946.